The zero-order chi connectivity index (χ0) is 9.78. The van der Waals surface area contributed by atoms with Crippen molar-refractivity contribution in [2.45, 2.75) is 58.8 Å². The van der Waals surface area contributed by atoms with Crippen molar-refractivity contribution in [3.8, 4) is 23.7 Å². The summed E-state index contributed by atoms with van der Waals surface area (Å²) in [6, 6.07) is 0. The fraction of sp³-hybridized carbons (Fsp3) is 0.692. The van der Waals surface area contributed by atoms with E-state index in [9.17, 15) is 0 Å². The summed E-state index contributed by atoms with van der Waals surface area (Å²) in [7, 11) is 0. The number of unbranched alkanes of at least 4 members (excludes halogenated alkanes) is 4. The Labute approximate surface area is 83.1 Å². The average Bonchev–Trinajstić information content (AvgIpc) is 2.16. The van der Waals surface area contributed by atoms with Gasteiger partial charge in [-0.1, -0.05) is 13.8 Å². The predicted molar refractivity (Wildman–Crippen MR) is 59.2 cm³/mol. The molecule has 0 aromatic carbocycles. The molecule has 0 fully saturated rings. The lowest BCUT2D eigenvalue weighted by atomic mass is 10.2. The molecule has 0 N–H and O–H groups in total. The highest BCUT2D eigenvalue weighted by Crippen LogP contribution is 1.93. The van der Waals surface area contributed by atoms with E-state index in [4.69, 9.17) is 0 Å². The molecular weight excluding hydrogens is 156 g/mol. The zero-order valence-electron chi connectivity index (χ0n) is 8.95. The van der Waals surface area contributed by atoms with Crippen molar-refractivity contribution < 1.29 is 0 Å². The largest absolute Gasteiger partial charge is 0.103 e. The number of hydrogen-bond acceptors (Lipinski definition) is 0. The number of rotatable bonds is 4. The van der Waals surface area contributed by atoms with Gasteiger partial charge >= 0.3 is 0 Å². The van der Waals surface area contributed by atoms with Crippen LogP contribution in [0.1, 0.15) is 58.8 Å². The third kappa shape index (κ3) is 11.1. The molecule has 0 aromatic rings. The van der Waals surface area contributed by atoms with E-state index in [0.717, 1.165) is 32.1 Å². The minimum absolute atomic E-state index is 1.01. The van der Waals surface area contributed by atoms with Crippen molar-refractivity contribution in [3.05, 3.63) is 0 Å². The van der Waals surface area contributed by atoms with E-state index < -0.39 is 0 Å². The summed E-state index contributed by atoms with van der Waals surface area (Å²) in [6.07, 6.45) is 7.59. The summed E-state index contributed by atoms with van der Waals surface area (Å²) in [6.45, 7) is 4.32. The van der Waals surface area contributed by atoms with Crippen molar-refractivity contribution in [2.75, 3.05) is 0 Å². The molecule has 0 aromatic heterocycles. The van der Waals surface area contributed by atoms with Crippen molar-refractivity contribution in [2.24, 2.45) is 0 Å². The summed E-state index contributed by atoms with van der Waals surface area (Å²) < 4.78 is 0. The third-order valence-corrected chi connectivity index (χ3v) is 1.60. The molecule has 72 valence electrons. The van der Waals surface area contributed by atoms with Crippen LogP contribution < -0.4 is 0 Å². The average molecular weight is 176 g/mol. The van der Waals surface area contributed by atoms with Crippen LogP contribution in [0.2, 0.25) is 0 Å². The van der Waals surface area contributed by atoms with Gasteiger partial charge in [-0.2, -0.15) is 0 Å². The highest BCUT2D eigenvalue weighted by atomic mass is 13.8. The Hall–Kier alpha value is -0.880. The van der Waals surface area contributed by atoms with Gasteiger partial charge in [0, 0.05) is 25.7 Å². The fourth-order valence-corrected chi connectivity index (χ4v) is 0.869. The molecule has 0 rings (SSSR count). The monoisotopic (exact) mass is 176 g/mol. The predicted octanol–water partition coefficient (Wildman–Crippen LogP) is 3.76. The maximum Gasteiger partial charge on any atom is 0.00977 e. The molecule has 0 unspecified atom stereocenters. The summed E-state index contributed by atoms with van der Waals surface area (Å²) in [4.78, 5) is 0. The molecule has 13 heavy (non-hydrogen) atoms. The van der Waals surface area contributed by atoms with E-state index >= 15 is 0 Å². The van der Waals surface area contributed by atoms with E-state index in [-0.39, 0.29) is 0 Å². The summed E-state index contributed by atoms with van der Waals surface area (Å²) >= 11 is 0. The van der Waals surface area contributed by atoms with Gasteiger partial charge in [0.1, 0.15) is 0 Å². The summed E-state index contributed by atoms with van der Waals surface area (Å²) in [5.41, 5.74) is 0. The second-order valence-electron chi connectivity index (χ2n) is 3.06. The molecule has 0 saturated carbocycles. The molecule has 0 nitrogen and oxygen atoms in total. The van der Waals surface area contributed by atoms with E-state index in [1.165, 1.54) is 12.8 Å². The van der Waals surface area contributed by atoms with Crippen molar-refractivity contribution in [3.63, 3.8) is 0 Å². The first-order valence-electron chi connectivity index (χ1n) is 5.33. The van der Waals surface area contributed by atoms with Gasteiger partial charge in [-0.3, -0.25) is 0 Å². The smallest absolute Gasteiger partial charge is 0.00977 e. The van der Waals surface area contributed by atoms with Gasteiger partial charge in [0.25, 0.3) is 0 Å². The molecule has 0 saturated heterocycles. The maximum absolute atomic E-state index is 3.16. The van der Waals surface area contributed by atoms with Crippen molar-refractivity contribution in [1.29, 1.82) is 0 Å². The SMILES string of the molecule is CCCC#CCCCC#CCCC. The van der Waals surface area contributed by atoms with Crippen LogP contribution in [0, 0.1) is 23.7 Å². The lowest BCUT2D eigenvalue weighted by Gasteiger charge is -1.85. The Morgan fingerprint density at radius 2 is 1.00 bits per heavy atom. The van der Waals surface area contributed by atoms with Crippen LogP contribution in [0.3, 0.4) is 0 Å². The van der Waals surface area contributed by atoms with Crippen molar-refractivity contribution >= 4 is 0 Å². The molecule has 0 aliphatic heterocycles. The van der Waals surface area contributed by atoms with Crippen LogP contribution in [0.15, 0.2) is 0 Å². The molecule has 0 heterocycles. The van der Waals surface area contributed by atoms with E-state index in [1.54, 1.807) is 0 Å². The Morgan fingerprint density at radius 1 is 0.615 bits per heavy atom. The first kappa shape index (κ1) is 12.1. The zero-order valence-corrected chi connectivity index (χ0v) is 8.95. The first-order valence-corrected chi connectivity index (χ1v) is 5.33. The standard InChI is InChI=1S/C13H20/c1-3-5-7-9-11-13-12-10-8-6-4-2/h3-6,11-13H2,1-2H3. The van der Waals surface area contributed by atoms with Gasteiger partial charge in [-0.05, 0) is 19.3 Å². The molecule has 0 radical (unpaired) electrons. The van der Waals surface area contributed by atoms with Gasteiger partial charge in [0.15, 0.2) is 0 Å². The second-order valence-corrected chi connectivity index (χ2v) is 3.06. The van der Waals surface area contributed by atoms with Crippen LogP contribution in [0.4, 0.5) is 0 Å². The molecule has 0 spiro atoms. The normalized spacial score (nSPS) is 8.15. The van der Waals surface area contributed by atoms with E-state index in [2.05, 4.69) is 37.5 Å². The minimum atomic E-state index is 1.01. The molecule has 0 atom stereocenters. The molecular formula is C13H20. The minimum Gasteiger partial charge on any atom is -0.103 e. The second kappa shape index (κ2) is 11.1. The Morgan fingerprint density at radius 3 is 1.38 bits per heavy atom. The number of hydrogen-bond donors (Lipinski definition) is 0. The Kier molecular flexibility index (Phi) is 10.4. The van der Waals surface area contributed by atoms with Gasteiger partial charge in [0.2, 0.25) is 0 Å². The van der Waals surface area contributed by atoms with Gasteiger partial charge < -0.3 is 0 Å². The molecule has 0 bridgehead atoms. The molecule has 0 heteroatoms. The van der Waals surface area contributed by atoms with Crippen LogP contribution in [0.25, 0.3) is 0 Å². The van der Waals surface area contributed by atoms with Crippen LogP contribution in [0.5, 0.6) is 0 Å². The summed E-state index contributed by atoms with van der Waals surface area (Å²) in [5, 5.41) is 0. The Balaban J connectivity index is 3.19. The quantitative estimate of drug-likeness (QED) is 0.452. The fourth-order valence-electron chi connectivity index (χ4n) is 0.869. The molecule has 0 amide bonds. The molecule has 0 aliphatic rings. The molecule has 0 aliphatic carbocycles. The van der Waals surface area contributed by atoms with Crippen LogP contribution in [-0.4, -0.2) is 0 Å². The van der Waals surface area contributed by atoms with Crippen LogP contribution in [-0.2, 0) is 0 Å². The highest BCUT2D eigenvalue weighted by molar-refractivity contribution is 5.01. The van der Waals surface area contributed by atoms with E-state index in [1.807, 2.05) is 0 Å². The Bertz CT molecular complexity index is 180. The van der Waals surface area contributed by atoms with Crippen LogP contribution >= 0.6 is 0 Å². The van der Waals surface area contributed by atoms with Crippen molar-refractivity contribution in [1.82, 2.24) is 0 Å². The maximum atomic E-state index is 3.16. The van der Waals surface area contributed by atoms with E-state index in [0.29, 0.717) is 0 Å². The highest BCUT2D eigenvalue weighted by Gasteiger charge is 1.79. The van der Waals surface area contributed by atoms with Gasteiger partial charge in [-0.15, -0.1) is 23.7 Å². The first-order chi connectivity index (χ1) is 6.41. The lowest BCUT2D eigenvalue weighted by molar-refractivity contribution is 0.895. The summed E-state index contributed by atoms with van der Waals surface area (Å²) in [5.74, 6) is 12.6. The topological polar surface area (TPSA) is 0 Å². The van der Waals surface area contributed by atoms with Gasteiger partial charge in [-0.25, -0.2) is 0 Å². The van der Waals surface area contributed by atoms with Gasteiger partial charge in [0.05, 0.1) is 0 Å². The third-order valence-electron chi connectivity index (χ3n) is 1.60. The lowest BCUT2D eigenvalue weighted by Crippen LogP contribution is -1.71.